The zero-order valence-corrected chi connectivity index (χ0v) is 13.6. The molecule has 0 saturated heterocycles. The largest absolute Gasteiger partial charge is 0.345 e. The van der Waals surface area contributed by atoms with Gasteiger partial charge in [-0.25, -0.2) is 0 Å². The van der Waals surface area contributed by atoms with Gasteiger partial charge in [0.2, 0.25) is 0 Å². The van der Waals surface area contributed by atoms with Crippen LogP contribution in [0.5, 0.6) is 0 Å². The van der Waals surface area contributed by atoms with E-state index in [1.54, 1.807) is 6.08 Å². The van der Waals surface area contributed by atoms with Crippen molar-refractivity contribution in [2.45, 2.75) is 26.8 Å². The van der Waals surface area contributed by atoms with Crippen molar-refractivity contribution in [2.24, 2.45) is 0 Å². The molecule has 23 heavy (non-hydrogen) atoms. The molecule has 1 N–H and O–H groups in total. The SMILES string of the molecule is Cc1cc(C)cc(/C=C(/C#N)C(=O)NC(C)c2ccccc2)c1. The number of nitriles is 1. The molecule has 1 amide bonds. The van der Waals surface area contributed by atoms with Crippen molar-refractivity contribution in [3.63, 3.8) is 0 Å². The van der Waals surface area contributed by atoms with Crippen LogP contribution in [0.25, 0.3) is 6.08 Å². The van der Waals surface area contributed by atoms with Crippen molar-refractivity contribution in [2.75, 3.05) is 0 Å². The molecule has 2 rings (SSSR count). The molecular formula is C20H20N2O. The molecule has 0 heterocycles. The average Bonchev–Trinajstić information content (AvgIpc) is 2.52. The molecule has 3 heteroatoms. The molecule has 1 atom stereocenters. The van der Waals surface area contributed by atoms with E-state index < -0.39 is 0 Å². The van der Waals surface area contributed by atoms with Crippen molar-refractivity contribution in [3.05, 3.63) is 76.4 Å². The van der Waals surface area contributed by atoms with E-state index in [4.69, 9.17) is 0 Å². The number of nitrogens with one attached hydrogen (secondary N) is 1. The molecule has 3 nitrogen and oxygen atoms in total. The Hall–Kier alpha value is -2.86. The van der Waals surface area contributed by atoms with Crippen molar-refractivity contribution in [3.8, 4) is 6.07 Å². The number of rotatable bonds is 4. The predicted octanol–water partition coefficient (Wildman–Crippen LogP) is 4.09. The Kier molecular flexibility index (Phi) is 5.32. The Balaban J connectivity index is 2.18. The lowest BCUT2D eigenvalue weighted by Gasteiger charge is -2.13. The highest BCUT2D eigenvalue weighted by Crippen LogP contribution is 2.15. The summed E-state index contributed by atoms with van der Waals surface area (Å²) in [6, 6.07) is 17.5. The van der Waals surface area contributed by atoms with Gasteiger partial charge >= 0.3 is 0 Å². The second-order valence-electron chi connectivity index (χ2n) is 5.70. The molecule has 2 aromatic rings. The lowest BCUT2D eigenvalue weighted by Crippen LogP contribution is -2.27. The average molecular weight is 304 g/mol. The van der Waals surface area contributed by atoms with E-state index in [0.29, 0.717) is 0 Å². The van der Waals surface area contributed by atoms with Crippen LogP contribution in [0.1, 0.15) is 35.2 Å². The number of aryl methyl sites for hydroxylation is 2. The maximum absolute atomic E-state index is 12.3. The Bertz CT molecular complexity index is 750. The van der Waals surface area contributed by atoms with E-state index in [0.717, 1.165) is 22.3 Å². The van der Waals surface area contributed by atoms with Crippen LogP contribution in [-0.2, 0) is 4.79 Å². The molecule has 0 aliphatic heterocycles. The van der Waals surface area contributed by atoms with E-state index in [1.165, 1.54) is 0 Å². The first kappa shape index (κ1) is 16.5. The first-order valence-electron chi connectivity index (χ1n) is 7.55. The Morgan fingerprint density at radius 2 is 1.74 bits per heavy atom. The third kappa shape index (κ3) is 4.55. The molecule has 1 unspecified atom stereocenters. The van der Waals surface area contributed by atoms with Gasteiger partial charge in [-0.15, -0.1) is 0 Å². The van der Waals surface area contributed by atoms with Gasteiger partial charge in [0.05, 0.1) is 6.04 Å². The van der Waals surface area contributed by atoms with E-state index in [9.17, 15) is 10.1 Å². The fraction of sp³-hybridized carbons (Fsp3) is 0.200. The van der Waals surface area contributed by atoms with Gasteiger partial charge in [-0.05, 0) is 38.0 Å². The number of nitrogens with zero attached hydrogens (tertiary/aromatic N) is 1. The zero-order valence-electron chi connectivity index (χ0n) is 13.6. The summed E-state index contributed by atoms with van der Waals surface area (Å²) < 4.78 is 0. The Labute approximate surface area is 137 Å². The number of hydrogen-bond acceptors (Lipinski definition) is 2. The molecule has 116 valence electrons. The Morgan fingerprint density at radius 3 is 2.30 bits per heavy atom. The van der Waals surface area contributed by atoms with Gasteiger partial charge < -0.3 is 5.32 Å². The molecule has 0 radical (unpaired) electrons. The number of amides is 1. The van der Waals surface area contributed by atoms with Crippen molar-refractivity contribution in [1.29, 1.82) is 5.26 Å². The summed E-state index contributed by atoms with van der Waals surface area (Å²) in [6.45, 7) is 5.89. The maximum atomic E-state index is 12.3. The van der Waals surface area contributed by atoms with Gasteiger partial charge in [-0.3, -0.25) is 4.79 Å². The zero-order chi connectivity index (χ0) is 16.8. The van der Waals surface area contributed by atoms with Gasteiger partial charge in [-0.1, -0.05) is 59.7 Å². The third-order valence-corrected chi connectivity index (χ3v) is 3.57. The highest BCUT2D eigenvalue weighted by Gasteiger charge is 2.13. The second kappa shape index (κ2) is 7.42. The van der Waals surface area contributed by atoms with Crippen LogP contribution in [0.15, 0.2) is 54.1 Å². The van der Waals surface area contributed by atoms with Crippen LogP contribution in [-0.4, -0.2) is 5.91 Å². The normalized spacial score (nSPS) is 12.3. The van der Waals surface area contributed by atoms with Crippen molar-refractivity contribution >= 4 is 12.0 Å². The summed E-state index contributed by atoms with van der Waals surface area (Å²) in [5, 5.41) is 12.2. The molecule has 0 aliphatic rings. The highest BCUT2D eigenvalue weighted by atomic mass is 16.1. The van der Waals surface area contributed by atoms with Crippen molar-refractivity contribution in [1.82, 2.24) is 5.32 Å². The van der Waals surface area contributed by atoms with E-state index >= 15 is 0 Å². The molecule has 0 bridgehead atoms. The Morgan fingerprint density at radius 1 is 1.13 bits per heavy atom. The van der Waals surface area contributed by atoms with E-state index in [2.05, 4.69) is 11.4 Å². The molecular weight excluding hydrogens is 284 g/mol. The number of benzene rings is 2. The summed E-state index contributed by atoms with van der Waals surface area (Å²) in [5.74, 6) is -0.358. The molecule has 0 fully saturated rings. The predicted molar refractivity (Wildman–Crippen MR) is 92.5 cm³/mol. The maximum Gasteiger partial charge on any atom is 0.262 e. The van der Waals surface area contributed by atoms with Crippen molar-refractivity contribution < 1.29 is 4.79 Å². The number of carbonyl (C=O) groups is 1. The van der Waals surface area contributed by atoms with E-state index in [-0.39, 0.29) is 17.5 Å². The first-order chi connectivity index (χ1) is 11.0. The summed E-state index contributed by atoms with van der Waals surface area (Å²) in [5.41, 5.74) is 4.18. The fourth-order valence-corrected chi connectivity index (χ4v) is 2.51. The number of hydrogen-bond donors (Lipinski definition) is 1. The van der Waals surface area contributed by atoms with Gasteiger partial charge in [0, 0.05) is 0 Å². The van der Waals surface area contributed by atoms with Crippen LogP contribution in [0.3, 0.4) is 0 Å². The minimum absolute atomic E-state index is 0.109. The van der Waals surface area contributed by atoms with Gasteiger partial charge in [-0.2, -0.15) is 5.26 Å². The van der Waals surface area contributed by atoms with Gasteiger partial charge in [0.25, 0.3) is 5.91 Å². The number of carbonyl (C=O) groups excluding carboxylic acids is 1. The van der Waals surface area contributed by atoms with Crippen LogP contribution in [0.2, 0.25) is 0 Å². The van der Waals surface area contributed by atoms with Crippen LogP contribution in [0, 0.1) is 25.2 Å². The standard InChI is InChI=1S/C20H20N2O/c1-14-9-15(2)11-17(10-14)12-19(13-21)20(23)22-16(3)18-7-5-4-6-8-18/h4-12,16H,1-3H3,(H,22,23)/b19-12-. The minimum atomic E-state index is -0.358. The van der Waals surface area contributed by atoms with Crippen LogP contribution < -0.4 is 5.32 Å². The van der Waals surface area contributed by atoms with Crippen LogP contribution in [0.4, 0.5) is 0 Å². The van der Waals surface area contributed by atoms with Gasteiger partial charge in [0.1, 0.15) is 11.6 Å². The van der Waals surface area contributed by atoms with E-state index in [1.807, 2.05) is 69.3 Å². The second-order valence-corrected chi connectivity index (χ2v) is 5.70. The van der Waals surface area contributed by atoms with Crippen LogP contribution >= 0.6 is 0 Å². The summed E-state index contributed by atoms with van der Waals surface area (Å²) in [7, 11) is 0. The quantitative estimate of drug-likeness (QED) is 0.683. The summed E-state index contributed by atoms with van der Waals surface area (Å²) in [4.78, 5) is 12.3. The van der Waals surface area contributed by atoms with Gasteiger partial charge in [0.15, 0.2) is 0 Å². The molecule has 0 aromatic heterocycles. The third-order valence-electron chi connectivity index (χ3n) is 3.57. The summed E-state index contributed by atoms with van der Waals surface area (Å²) in [6.07, 6.45) is 1.63. The fourth-order valence-electron chi connectivity index (χ4n) is 2.51. The lowest BCUT2D eigenvalue weighted by molar-refractivity contribution is -0.117. The minimum Gasteiger partial charge on any atom is -0.345 e. The smallest absolute Gasteiger partial charge is 0.262 e. The highest BCUT2D eigenvalue weighted by molar-refractivity contribution is 6.01. The monoisotopic (exact) mass is 304 g/mol. The first-order valence-corrected chi connectivity index (χ1v) is 7.55. The topological polar surface area (TPSA) is 52.9 Å². The lowest BCUT2D eigenvalue weighted by atomic mass is 10.0. The summed E-state index contributed by atoms with van der Waals surface area (Å²) >= 11 is 0. The molecule has 0 aliphatic carbocycles. The molecule has 0 spiro atoms. The molecule has 2 aromatic carbocycles. The molecule has 0 saturated carbocycles.